The van der Waals surface area contributed by atoms with Gasteiger partial charge in [0.2, 0.25) is 11.8 Å². The Morgan fingerprint density at radius 2 is 1.78 bits per heavy atom. The van der Waals surface area contributed by atoms with Gasteiger partial charge in [0.25, 0.3) is 0 Å². The molecule has 2 N–H and O–H groups in total. The van der Waals surface area contributed by atoms with Crippen LogP contribution in [0.5, 0.6) is 11.8 Å². The molecule has 0 saturated heterocycles. The Labute approximate surface area is 109 Å². The Balaban J connectivity index is 2.71. The summed E-state index contributed by atoms with van der Waals surface area (Å²) in [5.74, 6) is 1.32. The zero-order chi connectivity index (χ0) is 13.5. The number of rotatable bonds is 7. The summed E-state index contributed by atoms with van der Waals surface area (Å²) in [6, 6.07) is 0. The van der Waals surface area contributed by atoms with Crippen molar-refractivity contribution in [3.63, 3.8) is 0 Å². The van der Waals surface area contributed by atoms with Crippen molar-refractivity contribution in [1.29, 1.82) is 0 Å². The summed E-state index contributed by atoms with van der Waals surface area (Å²) >= 11 is 0. The Morgan fingerprint density at radius 3 is 2.33 bits per heavy atom. The van der Waals surface area contributed by atoms with Crippen molar-refractivity contribution < 1.29 is 9.47 Å². The molecule has 0 radical (unpaired) electrons. The third-order valence-corrected chi connectivity index (χ3v) is 2.77. The molecular formula is C13H23N3O2. The lowest BCUT2D eigenvalue weighted by atomic mass is 10.1. The smallest absolute Gasteiger partial charge is 0.244 e. The van der Waals surface area contributed by atoms with Gasteiger partial charge in [0, 0.05) is 0 Å². The van der Waals surface area contributed by atoms with E-state index < -0.39 is 0 Å². The minimum atomic E-state index is 0.0223. The molecule has 0 atom stereocenters. The Bertz CT molecular complexity index is 365. The maximum atomic E-state index is 5.93. The number of anilines is 1. The molecule has 1 aromatic heterocycles. The molecule has 0 saturated carbocycles. The van der Waals surface area contributed by atoms with E-state index in [1.54, 1.807) is 0 Å². The summed E-state index contributed by atoms with van der Waals surface area (Å²) in [5.41, 5.74) is 6.30. The summed E-state index contributed by atoms with van der Waals surface area (Å²) in [4.78, 5) is 8.06. The Kier molecular flexibility index (Phi) is 5.68. The highest BCUT2D eigenvalue weighted by Crippen LogP contribution is 2.27. The third kappa shape index (κ3) is 4.05. The molecule has 102 valence electrons. The molecule has 1 rings (SSSR count). The summed E-state index contributed by atoms with van der Waals surface area (Å²) in [5, 5.41) is 0. The maximum absolute atomic E-state index is 5.93. The van der Waals surface area contributed by atoms with Crippen LogP contribution in [0.4, 0.5) is 5.69 Å². The number of hydrogen-bond donors (Lipinski definition) is 1. The van der Waals surface area contributed by atoms with Crippen LogP contribution in [-0.4, -0.2) is 22.7 Å². The van der Waals surface area contributed by atoms with Gasteiger partial charge >= 0.3 is 0 Å². The molecule has 0 bridgehead atoms. The number of hydrogen-bond acceptors (Lipinski definition) is 5. The minimum absolute atomic E-state index is 0.0223. The van der Waals surface area contributed by atoms with E-state index in [2.05, 4.69) is 23.8 Å². The van der Waals surface area contributed by atoms with Crippen molar-refractivity contribution in [2.24, 2.45) is 5.92 Å². The predicted octanol–water partition coefficient (Wildman–Crippen LogP) is 2.66. The van der Waals surface area contributed by atoms with Crippen molar-refractivity contribution in [3.05, 3.63) is 6.33 Å². The summed E-state index contributed by atoms with van der Waals surface area (Å²) in [7, 11) is 0. The first-order valence-corrected chi connectivity index (χ1v) is 6.48. The second kappa shape index (κ2) is 7.03. The van der Waals surface area contributed by atoms with Crippen LogP contribution in [0.15, 0.2) is 6.33 Å². The highest BCUT2D eigenvalue weighted by atomic mass is 16.5. The van der Waals surface area contributed by atoms with Gasteiger partial charge in [-0.1, -0.05) is 26.7 Å². The van der Waals surface area contributed by atoms with Gasteiger partial charge in [0.1, 0.15) is 6.33 Å². The first kappa shape index (κ1) is 14.5. The zero-order valence-corrected chi connectivity index (χ0v) is 11.6. The fourth-order valence-corrected chi connectivity index (χ4v) is 1.52. The molecular weight excluding hydrogens is 230 g/mol. The monoisotopic (exact) mass is 253 g/mol. The lowest BCUT2D eigenvalue weighted by Crippen LogP contribution is -2.14. The molecule has 0 aliphatic heterocycles. The second-order valence-corrected chi connectivity index (χ2v) is 4.56. The van der Waals surface area contributed by atoms with Crippen molar-refractivity contribution in [3.8, 4) is 11.8 Å². The summed E-state index contributed by atoms with van der Waals surface area (Å²) in [6.07, 6.45) is 3.60. The molecule has 5 nitrogen and oxygen atoms in total. The van der Waals surface area contributed by atoms with Crippen LogP contribution in [0, 0.1) is 5.92 Å². The van der Waals surface area contributed by atoms with Crippen LogP contribution in [0.25, 0.3) is 0 Å². The standard InChI is InChI=1S/C13H23N3O2/c1-5-10(6-2)7-17-12-11(14)13(16-8-15-12)18-9(3)4/h8-10H,5-7,14H2,1-4H3. The molecule has 0 unspecified atom stereocenters. The van der Waals surface area contributed by atoms with Crippen LogP contribution in [0.2, 0.25) is 0 Å². The molecule has 0 amide bonds. The second-order valence-electron chi connectivity index (χ2n) is 4.56. The van der Waals surface area contributed by atoms with Gasteiger partial charge in [-0.05, 0) is 19.8 Å². The van der Waals surface area contributed by atoms with E-state index in [4.69, 9.17) is 15.2 Å². The average Bonchev–Trinajstić information content (AvgIpc) is 2.34. The van der Waals surface area contributed by atoms with E-state index in [1.165, 1.54) is 6.33 Å². The van der Waals surface area contributed by atoms with E-state index in [1.807, 2.05) is 13.8 Å². The molecule has 0 spiro atoms. The first-order chi connectivity index (χ1) is 8.58. The fourth-order valence-electron chi connectivity index (χ4n) is 1.52. The van der Waals surface area contributed by atoms with Crippen LogP contribution in [0.1, 0.15) is 40.5 Å². The molecule has 0 aliphatic rings. The quantitative estimate of drug-likeness (QED) is 0.809. The van der Waals surface area contributed by atoms with E-state index in [9.17, 15) is 0 Å². The lowest BCUT2D eigenvalue weighted by Gasteiger charge is -2.16. The normalized spacial score (nSPS) is 11.0. The minimum Gasteiger partial charge on any atom is -0.476 e. The molecule has 1 aromatic rings. The highest BCUT2D eigenvalue weighted by molar-refractivity contribution is 5.55. The van der Waals surface area contributed by atoms with Crippen molar-refractivity contribution in [1.82, 2.24) is 9.97 Å². The highest BCUT2D eigenvalue weighted by Gasteiger charge is 2.13. The van der Waals surface area contributed by atoms with E-state index in [0.717, 1.165) is 12.8 Å². The SMILES string of the molecule is CCC(CC)COc1ncnc(OC(C)C)c1N. The molecule has 18 heavy (non-hydrogen) atoms. The van der Waals surface area contributed by atoms with Gasteiger partial charge < -0.3 is 15.2 Å². The van der Waals surface area contributed by atoms with E-state index >= 15 is 0 Å². The van der Waals surface area contributed by atoms with Gasteiger partial charge in [0.15, 0.2) is 5.69 Å². The molecule has 1 heterocycles. The van der Waals surface area contributed by atoms with Crippen molar-refractivity contribution >= 4 is 5.69 Å². The van der Waals surface area contributed by atoms with Gasteiger partial charge in [-0.2, -0.15) is 9.97 Å². The third-order valence-electron chi connectivity index (χ3n) is 2.77. The van der Waals surface area contributed by atoms with Crippen LogP contribution in [0.3, 0.4) is 0 Å². The maximum Gasteiger partial charge on any atom is 0.244 e. The number of aromatic nitrogens is 2. The van der Waals surface area contributed by atoms with Crippen LogP contribution in [-0.2, 0) is 0 Å². The van der Waals surface area contributed by atoms with Crippen molar-refractivity contribution in [2.45, 2.75) is 46.6 Å². The molecule has 0 aromatic carbocycles. The number of nitrogens with zero attached hydrogens (tertiary/aromatic N) is 2. The van der Waals surface area contributed by atoms with Crippen LogP contribution < -0.4 is 15.2 Å². The molecule has 0 aliphatic carbocycles. The average molecular weight is 253 g/mol. The Hall–Kier alpha value is -1.52. The predicted molar refractivity (Wildman–Crippen MR) is 71.8 cm³/mol. The van der Waals surface area contributed by atoms with Gasteiger partial charge in [-0.15, -0.1) is 0 Å². The topological polar surface area (TPSA) is 70.3 Å². The van der Waals surface area contributed by atoms with Gasteiger partial charge in [-0.3, -0.25) is 0 Å². The van der Waals surface area contributed by atoms with E-state index in [-0.39, 0.29) is 6.10 Å². The zero-order valence-electron chi connectivity index (χ0n) is 11.6. The molecule has 0 fully saturated rings. The first-order valence-electron chi connectivity index (χ1n) is 6.48. The summed E-state index contributed by atoms with van der Waals surface area (Å²) < 4.78 is 11.1. The number of nitrogens with two attached hydrogens (primary N) is 1. The number of ether oxygens (including phenoxy) is 2. The van der Waals surface area contributed by atoms with Gasteiger partial charge in [-0.25, -0.2) is 0 Å². The largest absolute Gasteiger partial charge is 0.476 e. The summed E-state index contributed by atoms with van der Waals surface area (Å²) in [6.45, 7) is 8.76. The fraction of sp³-hybridized carbons (Fsp3) is 0.692. The number of nitrogen functional groups attached to an aromatic ring is 1. The molecule has 5 heteroatoms. The van der Waals surface area contributed by atoms with Crippen LogP contribution >= 0.6 is 0 Å². The van der Waals surface area contributed by atoms with Crippen molar-refractivity contribution in [2.75, 3.05) is 12.3 Å². The lowest BCUT2D eigenvalue weighted by molar-refractivity contribution is 0.220. The van der Waals surface area contributed by atoms with Gasteiger partial charge in [0.05, 0.1) is 12.7 Å². The Morgan fingerprint density at radius 1 is 1.17 bits per heavy atom. The van der Waals surface area contributed by atoms with E-state index in [0.29, 0.717) is 30.0 Å².